The number of nitriles is 1. The minimum atomic E-state index is -0.700. The highest BCUT2D eigenvalue weighted by atomic mass is 32.2. The largest absolute Gasteiger partial charge is 0.385 e. The number of nitrogens with zero attached hydrogens (tertiary/aromatic N) is 3. The zero-order chi connectivity index (χ0) is 20.2. The molecule has 1 atom stereocenters. The van der Waals surface area contributed by atoms with Gasteiger partial charge >= 0.3 is 0 Å². The lowest BCUT2D eigenvalue weighted by molar-refractivity contribution is -0.0388. The molecule has 0 amide bonds. The quantitative estimate of drug-likeness (QED) is 0.665. The number of anilines is 1. The van der Waals surface area contributed by atoms with Crippen LogP contribution in [0, 0.1) is 17.1 Å². The Balaban J connectivity index is 1.41. The van der Waals surface area contributed by atoms with E-state index in [1.165, 1.54) is 17.8 Å². The second-order valence-corrected chi connectivity index (χ2v) is 8.39. The van der Waals surface area contributed by atoms with Crippen molar-refractivity contribution in [1.29, 1.82) is 5.26 Å². The Morgan fingerprint density at radius 2 is 2.07 bits per heavy atom. The van der Waals surface area contributed by atoms with Crippen LogP contribution in [-0.2, 0) is 18.4 Å². The second kappa shape index (κ2) is 6.71. The van der Waals surface area contributed by atoms with Gasteiger partial charge < -0.3 is 10.4 Å². The minimum Gasteiger partial charge on any atom is -0.385 e. The lowest BCUT2D eigenvalue weighted by atomic mass is 9.74. The molecule has 5 nitrogen and oxygen atoms in total. The van der Waals surface area contributed by atoms with Gasteiger partial charge in [-0.3, -0.25) is 3.97 Å². The molecule has 2 aliphatic carbocycles. The fraction of sp³-hybridized carbons (Fsp3) is 0.333. The van der Waals surface area contributed by atoms with Crippen molar-refractivity contribution in [2.75, 3.05) is 5.32 Å². The van der Waals surface area contributed by atoms with E-state index in [0.717, 1.165) is 40.8 Å². The number of pyridine rings is 1. The molecule has 5 rings (SSSR count). The zero-order valence-corrected chi connectivity index (χ0v) is 16.3. The molecule has 1 unspecified atom stereocenters. The molecule has 29 heavy (non-hydrogen) atoms. The predicted octanol–water partition coefficient (Wildman–Crippen LogP) is 4.38. The number of benzene rings is 1. The van der Waals surface area contributed by atoms with Crippen molar-refractivity contribution in [3.8, 4) is 6.07 Å². The number of halogens is 2. The molecule has 1 saturated carbocycles. The molecule has 0 saturated heterocycles. The van der Waals surface area contributed by atoms with E-state index in [4.69, 9.17) is 0 Å². The third-order valence-electron chi connectivity index (χ3n) is 6.09. The van der Waals surface area contributed by atoms with E-state index in [0.29, 0.717) is 6.42 Å². The Hall–Kier alpha value is -2.63. The standard InChI is InChI=1S/C21H18F2N4OS/c22-17-9-18-19(14(10-24)11-27(18)29-23)26-20(17)25-16-7-12-2-3-15(6-13(12)8-16)21(28)4-1-5-21/h2-3,6,9,11,16,28H,1,4-5,7-8H2,(H,25,26). The van der Waals surface area contributed by atoms with Crippen LogP contribution in [0.25, 0.3) is 11.0 Å². The van der Waals surface area contributed by atoms with Crippen molar-refractivity contribution < 1.29 is 13.4 Å². The Labute approximate surface area is 170 Å². The third-order valence-corrected chi connectivity index (χ3v) is 6.54. The van der Waals surface area contributed by atoms with Crippen molar-refractivity contribution in [2.45, 2.75) is 43.7 Å². The van der Waals surface area contributed by atoms with E-state index < -0.39 is 11.4 Å². The van der Waals surface area contributed by atoms with Crippen LogP contribution < -0.4 is 5.32 Å². The molecule has 2 heterocycles. The molecule has 148 valence electrons. The number of hydrogen-bond donors (Lipinski definition) is 2. The summed E-state index contributed by atoms with van der Waals surface area (Å²) in [7, 11) is 0. The SMILES string of the molecule is N#Cc1cn(SF)c2cc(F)c(NC3Cc4ccc(C5(O)CCC5)cc4C3)nc12. The van der Waals surface area contributed by atoms with Gasteiger partial charge in [-0.05, 0) is 48.8 Å². The van der Waals surface area contributed by atoms with Crippen molar-refractivity contribution >= 4 is 29.2 Å². The zero-order valence-electron chi connectivity index (χ0n) is 15.5. The maximum absolute atomic E-state index is 14.6. The lowest BCUT2D eigenvalue weighted by Crippen LogP contribution is -2.33. The van der Waals surface area contributed by atoms with Crippen molar-refractivity contribution in [2.24, 2.45) is 0 Å². The van der Waals surface area contributed by atoms with Gasteiger partial charge in [0.2, 0.25) is 0 Å². The molecule has 0 bridgehead atoms. The van der Waals surface area contributed by atoms with Gasteiger partial charge in [0.05, 0.1) is 16.7 Å². The lowest BCUT2D eigenvalue weighted by Gasteiger charge is -2.37. The van der Waals surface area contributed by atoms with Gasteiger partial charge in [0, 0.05) is 18.3 Å². The molecule has 0 radical (unpaired) electrons. The molecule has 3 aromatic rings. The summed E-state index contributed by atoms with van der Waals surface area (Å²) in [4.78, 5) is 4.27. The van der Waals surface area contributed by atoms with Crippen LogP contribution in [0.5, 0.6) is 0 Å². The van der Waals surface area contributed by atoms with E-state index in [1.807, 2.05) is 18.2 Å². The molecular weight excluding hydrogens is 394 g/mol. The van der Waals surface area contributed by atoms with Crippen LogP contribution in [0.15, 0.2) is 30.5 Å². The van der Waals surface area contributed by atoms with E-state index in [2.05, 4.69) is 16.4 Å². The molecule has 1 aromatic carbocycles. The van der Waals surface area contributed by atoms with E-state index in [1.54, 1.807) is 0 Å². The molecule has 1 fully saturated rings. The van der Waals surface area contributed by atoms with Crippen LogP contribution in [0.3, 0.4) is 0 Å². The Bertz CT molecular complexity index is 1170. The molecule has 2 aliphatic rings. The van der Waals surface area contributed by atoms with Crippen LogP contribution >= 0.6 is 12.3 Å². The van der Waals surface area contributed by atoms with Gasteiger partial charge in [0.25, 0.3) is 0 Å². The van der Waals surface area contributed by atoms with E-state index >= 15 is 0 Å². The molecular formula is C21H18F2N4OS. The molecule has 2 aromatic heterocycles. The monoisotopic (exact) mass is 412 g/mol. The highest BCUT2D eigenvalue weighted by Gasteiger charge is 2.37. The predicted molar refractivity (Wildman–Crippen MR) is 108 cm³/mol. The van der Waals surface area contributed by atoms with Crippen molar-refractivity contribution in [3.05, 3.63) is 58.5 Å². The number of fused-ring (bicyclic) bond motifs is 2. The Morgan fingerprint density at radius 1 is 1.28 bits per heavy atom. The second-order valence-electron chi connectivity index (χ2n) is 7.85. The highest BCUT2D eigenvalue weighted by molar-refractivity contribution is 7.92. The smallest absolute Gasteiger partial charge is 0.169 e. The van der Waals surface area contributed by atoms with Crippen molar-refractivity contribution in [3.63, 3.8) is 0 Å². The number of aliphatic hydroxyl groups is 1. The first-order valence-electron chi connectivity index (χ1n) is 9.53. The fourth-order valence-electron chi connectivity index (χ4n) is 4.34. The number of rotatable bonds is 4. The summed E-state index contributed by atoms with van der Waals surface area (Å²) in [6.07, 6.45) is 5.36. The average molecular weight is 412 g/mol. The van der Waals surface area contributed by atoms with Crippen LogP contribution in [-0.4, -0.2) is 20.1 Å². The highest BCUT2D eigenvalue weighted by Crippen LogP contribution is 2.42. The topological polar surface area (TPSA) is 73.9 Å². The van der Waals surface area contributed by atoms with Gasteiger partial charge in [-0.1, -0.05) is 18.2 Å². The summed E-state index contributed by atoms with van der Waals surface area (Å²) in [5.74, 6) is -0.526. The van der Waals surface area contributed by atoms with Gasteiger partial charge in [-0.25, -0.2) is 9.37 Å². The van der Waals surface area contributed by atoms with Crippen LogP contribution in [0.1, 0.15) is 41.5 Å². The van der Waals surface area contributed by atoms with E-state index in [-0.39, 0.29) is 40.8 Å². The fourth-order valence-corrected chi connectivity index (χ4v) is 4.70. The molecule has 0 aliphatic heterocycles. The van der Waals surface area contributed by atoms with Gasteiger partial charge in [-0.15, -0.1) is 3.89 Å². The first kappa shape index (κ1) is 18.4. The van der Waals surface area contributed by atoms with Gasteiger partial charge in [0.15, 0.2) is 24.0 Å². The molecule has 0 spiro atoms. The summed E-state index contributed by atoms with van der Waals surface area (Å²) in [5, 5.41) is 23.0. The summed E-state index contributed by atoms with van der Waals surface area (Å²) >= 11 is -0.0986. The summed E-state index contributed by atoms with van der Waals surface area (Å²) in [6, 6.07) is 9.23. The first-order chi connectivity index (χ1) is 14.0. The average Bonchev–Trinajstić information content (AvgIpc) is 3.25. The molecule has 2 N–H and O–H groups in total. The third kappa shape index (κ3) is 2.96. The number of nitrogens with one attached hydrogen (secondary N) is 1. The molecule has 8 heteroatoms. The number of hydrogen-bond acceptors (Lipinski definition) is 5. The maximum Gasteiger partial charge on any atom is 0.169 e. The minimum absolute atomic E-state index is 0.0427. The Morgan fingerprint density at radius 3 is 2.76 bits per heavy atom. The Kier molecular flexibility index (Phi) is 4.26. The van der Waals surface area contributed by atoms with Crippen LogP contribution in [0.4, 0.5) is 14.1 Å². The summed E-state index contributed by atoms with van der Waals surface area (Å²) < 4.78 is 28.8. The van der Waals surface area contributed by atoms with Crippen LogP contribution in [0.2, 0.25) is 0 Å². The van der Waals surface area contributed by atoms with E-state index in [9.17, 15) is 18.6 Å². The van der Waals surface area contributed by atoms with Crippen molar-refractivity contribution in [1.82, 2.24) is 8.96 Å². The maximum atomic E-state index is 14.6. The normalized spacial score (nSPS) is 19.6. The van der Waals surface area contributed by atoms with Gasteiger partial charge in [0.1, 0.15) is 11.6 Å². The number of aromatic nitrogens is 2. The van der Waals surface area contributed by atoms with Gasteiger partial charge in [-0.2, -0.15) is 5.26 Å². The first-order valence-corrected chi connectivity index (χ1v) is 10.2. The summed E-state index contributed by atoms with van der Waals surface area (Å²) in [5.41, 5.74) is 3.28. The summed E-state index contributed by atoms with van der Waals surface area (Å²) in [6.45, 7) is 0.